The van der Waals surface area contributed by atoms with Crippen LogP contribution in [0.1, 0.15) is 43.9 Å². The molecule has 2 aromatic rings. The molecule has 2 aromatic carbocycles. The van der Waals surface area contributed by atoms with Crippen molar-refractivity contribution in [3.05, 3.63) is 69.2 Å². The summed E-state index contributed by atoms with van der Waals surface area (Å²) < 4.78 is 0. The molecule has 4 nitrogen and oxygen atoms in total. The molecule has 0 aliphatic rings. The van der Waals surface area contributed by atoms with Gasteiger partial charge in [-0.15, -0.1) is 0 Å². The minimum Gasteiger partial charge on any atom is -0.354 e. The lowest BCUT2D eigenvalue weighted by Crippen LogP contribution is -2.50. The molecular weight excluding hydrogens is 419 g/mol. The second kappa shape index (κ2) is 11.4. The molecule has 0 saturated heterocycles. The molecule has 1 atom stereocenters. The van der Waals surface area contributed by atoms with E-state index in [1.807, 2.05) is 52.0 Å². The van der Waals surface area contributed by atoms with Gasteiger partial charge in [0.05, 0.1) is 16.5 Å². The Morgan fingerprint density at radius 1 is 1.07 bits per heavy atom. The topological polar surface area (TPSA) is 49.4 Å². The summed E-state index contributed by atoms with van der Waals surface area (Å²) in [6, 6.07) is 12.6. The van der Waals surface area contributed by atoms with Gasteiger partial charge in [0.2, 0.25) is 11.8 Å². The lowest BCUT2D eigenvalue weighted by molar-refractivity contribution is -0.141. The maximum absolute atomic E-state index is 13.3. The van der Waals surface area contributed by atoms with Crippen LogP contribution in [0.5, 0.6) is 0 Å². The van der Waals surface area contributed by atoms with E-state index in [-0.39, 0.29) is 18.2 Å². The van der Waals surface area contributed by atoms with E-state index >= 15 is 0 Å². The quantitative estimate of drug-likeness (QED) is 0.556. The van der Waals surface area contributed by atoms with Gasteiger partial charge in [-0.25, -0.2) is 0 Å². The summed E-state index contributed by atoms with van der Waals surface area (Å²) in [7, 11) is 0. The third-order valence-electron chi connectivity index (χ3n) is 5.01. The molecule has 30 heavy (non-hydrogen) atoms. The summed E-state index contributed by atoms with van der Waals surface area (Å²) in [5.41, 5.74) is 2.87. The molecule has 0 saturated carbocycles. The molecular formula is C24H30Cl2N2O2. The average molecular weight is 449 g/mol. The normalized spacial score (nSPS) is 12.0. The SMILES string of the molecule is CC[C@@H](C(=O)NCC(C)C)N(Cc1ccccc1C)C(=O)Cc1ccc(Cl)c(Cl)c1. The Hall–Kier alpha value is -2.04. The van der Waals surface area contributed by atoms with Crippen molar-refractivity contribution in [1.82, 2.24) is 10.2 Å². The van der Waals surface area contributed by atoms with E-state index in [1.165, 1.54) is 0 Å². The maximum atomic E-state index is 13.3. The fourth-order valence-electron chi connectivity index (χ4n) is 3.24. The number of nitrogens with one attached hydrogen (secondary N) is 1. The van der Waals surface area contributed by atoms with Crippen LogP contribution >= 0.6 is 23.2 Å². The van der Waals surface area contributed by atoms with Crippen molar-refractivity contribution < 1.29 is 9.59 Å². The van der Waals surface area contributed by atoms with Crippen LogP contribution in [0, 0.1) is 12.8 Å². The lowest BCUT2D eigenvalue weighted by Gasteiger charge is -2.31. The van der Waals surface area contributed by atoms with E-state index in [0.717, 1.165) is 16.7 Å². The minimum absolute atomic E-state index is 0.122. The Bertz CT molecular complexity index is 883. The van der Waals surface area contributed by atoms with Crippen LogP contribution in [0.4, 0.5) is 0 Å². The van der Waals surface area contributed by atoms with Crippen LogP contribution in [-0.2, 0) is 22.6 Å². The van der Waals surface area contributed by atoms with Gasteiger partial charge in [-0.2, -0.15) is 0 Å². The van der Waals surface area contributed by atoms with Gasteiger partial charge in [0, 0.05) is 13.1 Å². The zero-order valence-electron chi connectivity index (χ0n) is 18.0. The fourth-order valence-corrected chi connectivity index (χ4v) is 3.56. The molecule has 0 fully saturated rings. The number of amides is 2. The minimum atomic E-state index is -0.543. The molecule has 0 heterocycles. The molecule has 6 heteroatoms. The summed E-state index contributed by atoms with van der Waals surface area (Å²) in [5, 5.41) is 3.84. The molecule has 0 aromatic heterocycles. The summed E-state index contributed by atoms with van der Waals surface area (Å²) >= 11 is 12.1. The predicted octanol–water partition coefficient (Wildman–Crippen LogP) is 5.42. The van der Waals surface area contributed by atoms with Crippen molar-refractivity contribution in [3.63, 3.8) is 0 Å². The summed E-state index contributed by atoms with van der Waals surface area (Å²) in [4.78, 5) is 27.9. The standard InChI is InChI=1S/C24H30Cl2N2O2/c1-5-22(24(30)27-14-16(2)3)28(15-19-9-7-6-8-17(19)4)23(29)13-18-10-11-20(25)21(26)12-18/h6-12,16,22H,5,13-15H2,1-4H3,(H,27,30)/t22-/m0/s1. The number of carbonyl (C=O) groups excluding carboxylic acids is 2. The third-order valence-corrected chi connectivity index (χ3v) is 5.75. The number of rotatable bonds is 9. The van der Waals surface area contributed by atoms with Gasteiger partial charge in [-0.3, -0.25) is 9.59 Å². The van der Waals surface area contributed by atoms with Crippen molar-refractivity contribution >= 4 is 35.0 Å². The van der Waals surface area contributed by atoms with E-state index < -0.39 is 6.04 Å². The predicted molar refractivity (Wildman–Crippen MR) is 124 cm³/mol. The third kappa shape index (κ3) is 6.75. The zero-order valence-corrected chi connectivity index (χ0v) is 19.6. The zero-order chi connectivity index (χ0) is 22.3. The second-order valence-electron chi connectivity index (χ2n) is 7.94. The largest absolute Gasteiger partial charge is 0.354 e. The summed E-state index contributed by atoms with van der Waals surface area (Å²) in [6.45, 7) is 8.98. The fraction of sp³-hybridized carbons (Fsp3) is 0.417. The monoisotopic (exact) mass is 448 g/mol. The first-order valence-corrected chi connectivity index (χ1v) is 11.0. The Morgan fingerprint density at radius 2 is 1.77 bits per heavy atom. The molecule has 0 aliphatic heterocycles. The maximum Gasteiger partial charge on any atom is 0.242 e. The van der Waals surface area contributed by atoms with Crippen LogP contribution in [0.15, 0.2) is 42.5 Å². The van der Waals surface area contributed by atoms with E-state index in [2.05, 4.69) is 5.32 Å². The smallest absolute Gasteiger partial charge is 0.242 e. The lowest BCUT2D eigenvalue weighted by atomic mass is 10.0. The van der Waals surface area contributed by atoms with Crippen molar-refractivity contribution in [2.75, 3.05) is 6.54 Å². The van der Waals surface area contributed by atoms with Gasteiger partial charge in [0.25, 0.3) is 0 Å². The van der Waals surface area contributed by atoms with Gasteiger partial charge in [0.1, 0.15) is 6.04 Å². The van der Waals surface area contributed by atoms with Crippen LogP contribution in [0.25, 0.3) is 0 Å². The Balaban J connectivity index is 2.30. The summed E-state index contributed by atoms with van der Waals surface area (Å²) in [6.07, 6.45) is 0.680. The molecule has 2 amide bonds. The number of aryl methyl sites for hydroxylation is 1. The molecule has 0 aliphatic carbocycles. The van der Waals surface area contributed by atoms with Crippen LogP contribution < -0.4 is 5.32 Å². The first kappa shape index (κ1) is 24.2. The van der Waals surface area contributed by atoms with Gasteiger partial charge in [-0.1, -0.05) is 74.3 Å². The number of carbonyl (C=O) groups is 2. The Kier molecular flexibility index (Phi) is 9.19. The van der Waals surface area contributed by atoms with Gasteiger partial charge < -0.3 is 10.2 Å². The number of halogens is 2. The van der Waals surface area contributed by atoms with Crippen LogP contribution in [0.3, 0.4) is 0 Å². The number of nitrogens with zero attached hydrogens (tertiary/aromatic N) is 1. The molecule has 0 unspecified atom stereocenters. The Morgan fingerprint density at radius 3 is 2.37 bits per heavy atom. The highest BCUT2D eigenvalue weighted by molar-refractivity contribution is 6.42. The van der Waals surface area contributed by atoms with Gasteiger partial charge >= 0.3 is 0 Å². The van der Waals surface area contributed by atoms with E-state index in [4.69, 9.17) is 23.2 Å². The molecule has 1 N–H and O–H groups in total. The Labute approximate surface area is 189 Å². The number of hydrogen-bond acceptors (Lipinski definition) is 2. The van der Waals surface area contributed by atoms with E-state index in [9.17, 15) is 9.59 Å². The second-order valence-corrected chi connectivity index (χ2v) is 8.75. The molecule has 2 rings (SSSR count). The van der Waals surface area contributed by atoms with E-state index in [1.54, 1.807) is 23.1 Å². The highest BCUT2D eigenvalue weighted by Crippen LogP contribution is 2.24. The highest BCUT2D eigenvalue weighted by Gasteiger charge is 2.29. The molecule has 0 radical (unpaired) electrons. The van der Waals surface area contributed by atoms with Crippen LogP contribution in [-0.4, -0.2) is 29.3 Å². The first-order chi connectivity index (χ1) is 14.2. The molecule has 0 spiro atoms. The van der Waals surface area contributed by atoms with E-state index in [0.29, 0.717) is 35.5 Å². The molecule has 0 bridgehead atoms. The highest BCUT2D eigenvalue weighted by atomic mass is 35.5. The molecule has 162 valence electrons. The number of benzene rings is 2. The first-order valence-electron chi connectivity index (χ1n) is 10.3. The summed E-state index contributed by atoms with van der Waals surface area (Å²) in [5.74, 6) is 0.0913. The number of hydrogen-bond donors (Lipinski definition) is 1. The van der Waals surface area contributed by atoms with Gasteiger partial charge in [-0.05, 0) is 48.1 Å². The van der Waals surface area contributed by atoms with Crippen molar-refractivity contribution in [1.29, 1.82) is 0 Å². The van der Waals surface area contributed by atoms with Crippen molar-refractivity contribution in [2.45, 2.75) is 53.1 Å². The van der Waals surface area contributed by atoms with Crippen LogP contribution in [0.2, 0.25) is 10.0 Å². The van der Waals surface area contributed by atoms with Crippen molar-refractivity contribution in [2.24, 2.45) is 5.92 Å². The average Bonchev–Trinajstić information content (AvgIpc) is 2.70. The van der Waals surface area contributed by atoms with Crippen molar-refractivity contribution in [3.8, 4) is 0 Å². The van der Waals surface area contributed by atoms with Gasteiger partial charge in [0.15, 0.2) is 0 Å².